The summed E-state index contributed by atoms with van der Waals surface area (Å²) in [5.74, 6) is 0.441. The normalized spacial score (nSPS) is 10.5. The van der Waals surface area contributed by atoms with E-state index in [1.807, 2.05) is 6.92 Å². The molecule has 0 aliphatic heterocycles. The number of benzene rings is 2. The van der Waals surface area contributed by atoms with Gasteiger partial charge in [0.2, 0.25) is 5.95 Å². The van der Waals surface area contributed by atoms with Gasteiger partial charge in [0.05, 0.1) is 16.4 Å². The van der Waals surface area contributed by atoms with Gasteiger partial charge in [-0.2, -0.15) is 4.98 Å². The molecule has 0 amide bonds. The molecule has 2 N–H and O–H groups in total. The van der Waals surface area contributed by atoms with Crippen LogP contribution in [0, 0.1) is 12.7 Å². The fourth-order valence-electron chi connectivity index (χ4n) is 2.10. The summed E-state index contributed by atoms with van der Waals surface area (Å²) in [5.41, 5.74) is 1.69. The van der Waals surface area contributed by atoms with E-state index in [0.29, 0.717) is 27.2 Å². The van der Waals surface area contributed by atoms with Crippen LogP contribution in [0.15, 0.2) is 48.5 Å². The first-order chi connectivity index (χ1) is 11.5. The third-order valence-electron chi connectivity index (χ3n) is 3.17. The van der Waals surface area contributed by atoms with Crippen LogP contribution in [0.1, 0.15) is 5.69 Å². The number of nitrogens with one attached hydrogen (secondary N) is 2. The van der Waals surface area contributed by atoms with Crippen LogP contribution in [0.25, 0.3) is 0 Å². The summed E-state index contributed by atoms with van der Waals surface area (Å²) in [7, 11) is 0. The monoisotopic (exact) mass is 362 g/mol. The summed E-state index contributed by atoms with van der Waals surface area (Å²) in [4.78, 5) is 8.60. The Morgan fingerprint density at radius 3 is 2.46 bits per heavy atom. The Morgan fingerprint density at radius 1 is 0.917 bits per heavy atom. The third-order valence-corrected chi connectivity index (χ3v) is 3.72. The highest BCUT2D eigenvalue weighted by atomic mass is 35.5. The van der Waals surface area contributed by atoms with Crippen LogP contribution < -0.4 is 10.6 Å². The lowest BCUT2D eigenvalue weighted by molar-refractivity contribution is 0.631. The van der Waals surface area contributed by atoms with Crippen molar-refractivity contribution < 1.29 is 4.39 Å². The first-order valence-corrected chi connectivity index (χ1v) is 7.86. The SMILES string of the molecule is Cc1cc(Nc2ccc(Cl)cc2Cl)nc(Nc2ccccc2F)n1. The number of halogens is 3. The molecule has 4 nitrogen and oxygen atoms in total. The summed E-state index contributed by atoms with van der Waals surface area (Å²) < 4.78 is 13.8. The van der Waals surface area contributed by atoms with E-state index < -0.39 is 0 Å². The molecule has 0 fully saturated rings. The van der Waals surface area contributed by atoms with Gasteiger partial charge in [-0.05, 0) is 37.3 Å². The van der Waals surface area contributed by atoms with Crippen LogP contribution in [0.3, 0.4) is 0 Å². The van der Waals surface area contributed by atoms with E-state index >= 15 is 0 Å². The Bertz CT molecular complexity index is 886. The second kappa shape index (κ2) is 7.03. The van der Waals surface area contributed by atoms with Gasteiger partial charge in [0, 0.05) is 16.8 Å². The smallest absolute Gasteiger partial charge is 0.229 e. The Morgan fingerprint density at radius 2 is 1.71 bits per heavy atom. The third kappa shape index (κ3) is 3.93. The van der Waals surface area contributed by atoms with Gasteiger partial charge in [0.25, 0.3) is 0 Å². The van der Waals surface area contributed by atoms with E-state index in [2.05, 4.69) is 20.6 Å². The Kier molecular flexibility index (Phi) is 4.83. The molecular weight excluding hydrogens is 350 g/mol. The lowest BCUT2D eigenvalue weighted by atomic mass is 10.3. The van der Waals surface area contributed by atoms with Crippen molar-refractivity contribution in [3.05, 3.63) is 70.1 Å². The molecule has 2 aromatic carbocycles. The van der Waals surface area contributed by atoms with Crippen molar-refractivity contribution in [2.24, 2.45) is 0 Å². The van der Waals surface area contributed by atoms with Crippen LogP contribution in [0.4, 0.5) is 27.5 Å². The number of rotatable bonds is 4. The maximum atomic E-state index is 13.8. The second-order valence-corrected chi connectivity index (χ2v) is 5.92. The predicted molar refractivity (Wildman–Crippen MR) is 96.2 cm³/mol. The topological polar surface area (TPSA) is 49.8 Å². The minimum absolute atomic E-state index is 0.285. The van der Waals surface area contributed by atoms with Gasteiger partial charge in [-0.1, -0.05) is 35.3 Å². The van der Waals surface area contributed by atoms with Crippen LogP contribution in [-0.2, 0) is 0 Å². The van der Waals surface area contributed by atoms with Crippen molar-refractivity contribution in [1.29, 1.82) is 0 Å². The molecule has 24 heavy (non-hydrogen) atoms. The number of para-hydroxylation sites is 1. The molecule has 0 radical (unpaired) electrons. The molecule has 0 saturated carbocycles. The summed E-state index contributed by atoms with van der Waals surface area (Å²) in [5, 5.41) is 7.00. The number of hydrogen-bond acceptors (Lipinski definition) is 4. The van der Waals surface area contributed by atoms with Gasteiger partial charge in [-0.3, -0.25) is 0 Å². The lowest BCUT2D eigenvalue weighted by Gasteiger charge is -2.11. The van der Waals surface area contributed by atoms with Crippen LogP contribution in [-0.4, -0.2) is 9.97 Å². The average molecular weight is 363 g/mol. The zero-order valence-corrected chi connectivity index (χ0v) is 14.2. The maximum absolute atomic E-state index is 13.8. The van der Waals surface area contributed by atoms with Crippen LogP contribution >= 0.6 is 23.2 Å². The van der Waals surface area contributed by atoms with E-state index in [4.69, 9.17) is 23.2 Å². The van der Waals surface area contributed by atoms with E-state index in [1.165, 1.54) is 6.07 Å². The molecule has 0 saturated heterocycles. The average Bonchev–Trinajstić information content (AvgIpc) is 2.52. The van der Waals surface area contributed by atoms with E-state index in [1.54, 1.807) is 42.5 Å². The van der Waals surface area contributed by atoms with Gasteiger partial charge < -0.3 is 10.6 Å². The number of nitrogens with zero attached hydrogens (tertiary/aromatic N) is 2. The number of anilines is 4. The van der Waals surface area contributed by atoms with Crippen LogP contribution in [0.2, 0.25) is 10.0 Å². The molecule has 0 atom stereocenters. The highest BCUT2D eigenvalue weighted by molar-refractivity contribution is 6.36. The van der Waals surface area contributed by atoms with Gasteiger partial charge in [0.1, 0.15) is 11.6 Å². The van der Waals surface area contributed by atoms with Gasteiger partial charge in [-0.25, -0.2) is 9.37 Å². The maximum Gasteiger partial charge on any atom is 0.229 e. The Hall–Kier alpha value is -2.37. The first-order valence-electron chi connectivity index (χ1n) is 7.10. The van der Waals surface area contributed by atoms with Crippen molar-refractivity contribution in [2.45, 2.75) is 6.92 Å². The van der Waals surface area contributed by atoms with Crippen molar-refractivity contribution in [3.63, 3.8) is 0 Å². The molecule has 3 rings (SSSR count). The lowest BCUT2D eigenvalue weighted by Crippen LogP contribution is -2.03. The molecule has 122 valence electrons. The molecule has 3 aromatic rings. The highest BCUT2D eigenvalue weighted by Crippen LogP contribution is 2.28. The predicted octanol–water partition coefficient (Wildman–Crippen LogP) is 5.72. The van der Waals surface area contributed by atoms with Gasteiger partial charge in [0.15, 0.2) is 0 Å². The summed E-state index contributed by atoms with van der Waals surface area (Å²) in [6, 6.07) is 13.2. The molecule has 0 bridgehead atoms. The zero-order valence-electron chi connectivity index (χ0n) is 12.6. The molecule has 0 aliphatic rings. The van der Waals surface area contributed by atoms with E-state index in [9.17, 15) is 4.39 Å². The molecule has 1 heterocycles. The molecule has 0 aliphatic carbocycles. The number of hydrogen-bond donors (Lipinski definition) is 2. The van der Waals surface area contributed by atoms with Crippen molar-refractivity contribution in [1.82, 2.24) is 9.97 Å². The zero-order chi connectivity index (χ0) is 17.1. The molecule has 1 aromatic heterocycles. The van der Waals surface area contributed by atoms with E-state index in [-0.39, 0.29) is 11.8 Å². The summed E-state index contributed by atoms with van der Waals surface area (Å²) in [6.07, 6.45) is 0. The summed E-state index contributed by atoms with van der Waals surface area (Å²) in [6.45, 7) is 1.82. The largest absolute Gasteiger partial charge is 0.339 e. The van der Waals surface area contributed by atoms with Gasteiger partial charge in [-0.15, -0.1) is 0 Å². The van der Waals surface area contributed by atoms with E-state index in [0.717, 1.165) is 5.69 Å². The molecule has 0 spiro atoms. The fraction of sp³-hybridized carbons (Fsp3) is 0.0588. The van der Waals surface area contributed by atoms with Crippen molar-refractivity contribution >= 4 is 46.3 Å². The summed E-state index contributed by atoms with van der Waals surface area (Å²) >= 11 is 12.0. The minimum atomic E-state index is -0.377. The minimum Gasteiger partial charge on any atom is -0.339 e. The van der Waals surface area contributed by atoms with Crippen LogP contribution in [0.5, 0.6) is 0 Å². The highest BCUT2D eigenvalue weighted by Gasteiger charge is 2.08. The number of aryl methyl sites for hydroxylation is 1. The Balaban J connectivity index is 1.87. The van der Waals surface area contributed by atoms with Gasteiger partial charge >= 0.3 is 0 Å². The first kappa shape index (κ1) is 16.5. The molecular formula is C17H13Cl2FN4. The quantitative estimate of drug-likeness (QED) is 0.623. The number of aromatic nitrogens is 2. The molecule has 0 unspecified atom stereocenters. The fourth-order valence-corrected chi connectivity index (χ4v) is 2.56. The van der Waals surface area contributed by atoms with Crippen molar-refractivity contribution in [2.75, 3.05) is 10.6 Å². The van der Waals surface area contributed by atoms with Crippen molar-refractivity contribution in [3.8, 4) is 0 Å². The standard InChI is InChI=1S/C17H13Cl2FN4/c1-10-8-16(22-14-7-6-11(18)9-12(14)19)24-17(21-10)23-15-5-3-2-4-13(15)20/h2-9H,1H3,(H2,21,22,23,24). The second-order valence-electron chi connectivity index (χ2n) is 5.07. The molecule has 7 heteroatoms. The Labute approximate surface area is 148 Å².